The van der Waals surface area contributed by atoms with Crippen molar-refractivity contribution in [3.05, 3.63) is 53.6 Å². The van der Waals surface area contributed by atoms with Crippen molar-refractivity contribution in [1.82, 2.24) is 4.98 Å². The summed E-state index contributed by atoms with van der Waals surface area (Å²) in [7, 11) is 1.65. The van der Waals surface area contributed by atoms with Gasteiger partial charge in [-0.2, -0.15) is 0 Å². The second-order valence-corrected chi connectivity index (χ2v) is 9.34. The topological polar surface area (TPSA) is 51.7 Å². The van der Waals surface area contributed by atoms with Crippen molar-refractivity contribution >= 4 is 44.4 Å². The summed E-state index contributed by atoms with van der Waals surface area (Å²) in [6.07, 6.45) is 2.10. The number of amides is 1. The van der Waals surface area contributed by atoms with Crippen LogP contribution in [0.3, 0.4) is 0 Å². The third-order valence-electron chi connectivity index (χ3n) is 5.19. The van der Waals surface area contributed by atoms with E-state index in [4.69, 9.17) is 14.5 Å². The molecule has 1 aliphatic rings. The minimum Gasteiger partial charge on any atom is -0.494 e. The maximum atomic E-state index is 13.2. The van der Waals surface area contributed by atoms with Gasteiger partial charge in [-0.1, -0.05) is 47.7 Å². The van der Waals surface area contributed by atoms with Gasteiger partial charge in [-0.25, -0.2) is 4.98 Å². The Kier molecular flexibility index (Phi) is 6.92. The minimum absolute atomic E-state index is 0.0714. The first kappa shape index (κ1) is 21.2. The molecule has 2 heterocycles. The van der Waals surface area contributed by atoms with Crippen LogP contribution in [0.4, 0.5) is 5.13 Å². The Morgan fingerprint density at radius 1 is 1.30 bits per heavy atom. The fraction of sp³-hybridized carbons (Fsp3) is 0.391. The van der Waals surface area contributed by atoms with Crippen molar-refractivity contribution in [3.8, 4) is 5.75 Å². The number of aryl methyl sites for hydroxylation is 1. The zero-order chi connectivity index (χ0) is 20.9. The van der Waals surface area contributed by atoms with E-state index in [1.54, 1.807) is 30.2 Å². The Balaban J connectivity index is 1.55. The van der Waals surface area contributed by atoms with Gasteiger partial charge in [-0.05, 0) is 37.0 Å². The molecule has 1 aromatic heterocycles. The monoisotopic (exact) mass is 442 g/mol. The number of carbonyl (C=O) groups is 1. The Morgan fingerprint density at radius 3 is 2.87 bits per heavy atom. The molecule has 7 heteroatoms. The van der Waals surface area contributed by atoms with E-state index in [9.17, 15) is 4.79 Å². The highest BCUT2D eigenvalue weighted by molar-refractivity contribution is 7.99. The van der Waals surface area contributed by atoms with Gasteiger partial charge in [-0.15, -0.1) is 11.8 Å². The summed E-state index contributed by atoms with van der Waals surface area (Å²) in [5, 5.41) is 0.721. The van der Waals surface area contributed by atoms with Gasteiger partial charge < -0.3 is 9.47 Å². The smallest absolute Gasteiger partial charge is 0.238 e. The Hall–Kier alpha value is -2.09. The Labute approximate surface area is 185 Å². The Morgan fingerprint density at radius 2 is 2.13 bits per heavy atom. The van der Waals surface area contributed by atoms with Crippen LogP contribution in [0.2, 0.25) is 0 Å². The standard InChI is InChI=1S/C23H26N2O3S2/c1-16-10-11-19(27-2)21-22(16)30-23(24-21)25(13-18-9-6-12-28-18)20(26)15-29-14-17-7-4-3-5-8-17/h3-5,7-8,10-11,18H,6,9,12-15H2,1-2H3. The highest BCUT2D eigenvalue weighted by Crippen LogP contribution is 2.37. The number of ether oxygens (including phenoxy) is 2. The van der Waals surface area contributed by atoms with Gasteiger partial charge in [0, 0.05) is 12.4 Å². The normalized spacial score (nSPS) is 16.1. The van der Waals surface area contributed by atoms with E-state index in [1.807, 2.05) is 35.2 Å². The molecule has 5 nitrogen and oxygen atoms in total. The van der Waals surface area contributed by atoms with E-state index >= 15 is 0 Å². The zero-order valence-corrected chi connectivity index (χ0v) is 18.9. The molecule has 0 N–H and O–H groups in total. The molecule has 1 fully saturated rings. The molecule has 0 radical (unpaired) electrons. The molecule has 0 bridgehead atoms. The number of aromatic nitrogens is 1. The number of rotatable bonds is 8. The predicted molar refractivity (Wildman–Crippen MR) is 125 cm³/mol. The molecule has 1 atom stereocenters. The highest BCUT2D eigenvalue weighted by Gasteiger charge is 2.27. The number of hydrogen-bond donors (Lipinski definition) is 0. The van der Waals surface area contributed by atoms with E-state index in [-0.39, 0.29) is 12.0 Å². The lowest BCUT2D eigenvalue weighted by Crippen LogP contribution is -2.38. The molecule has 1 unspecified atom stereocenters. The summed E-state index contributed by atoms with van der Waals surface area (Å²) < 4.78 is 12.4. The van der Waals surface area contributed by atoms with Crippen molar-refractivity contribution in [2.24, 2.45) is 0 Å². The van der Waals surface area contributed by atoms with Crippen LogP contribution in [-0.2, 0) is 15.3 Å². The lowest BCUT2D eigenvalue weighted by Gasteiger charge is -2.23. The molecule has 3 aromatic rings. The number of benzene rings is 2. The average molecular weight is 443 g/mol. The van der Waals surface area contributed by atoms with Crippen LogP contribution >= 0.6 is 23.1 Å². The summed E-state index contributed by atoms with van der Waals surface area (Å²) in [4.78, 5) is 19.8. The van der Waals surface area contributed by atoms with Crippen LogP contribution in [0.5, 0.6) is 5.75 Å². The van der Waals surface area contributed by atoms with E-state index in [2.05, 4.69) is 19.1 Å². The third-order valence-corrected chi connectivity index (χ3v) is 7.39. The van der Waals surface area contributed by atoms with E-state index < -0.39 is 0 Å². The SMILES string of the molecule is COc1ccc(C)c2sc(N(CC3CCCO3)C(=O)CSCc3ccccc3)nc12. The van der Waals surface area contributed by atoms with Crippen molar-refractivity contribution in [1.29, 1.82) is 0 Å². The van der Waals surface area contributed by atoms with E-state index in [0.717, 1.165) is 51.9 Å². The van der Waals surface area contributed by atoms with Crippen LogP contribution in [-0.4, -0.2) is 43.0 Å². The zero-order valence-electron chi connectivity index (χ0n) is 17.3. The number of thiazole rings is 1. The molecule has 1 saturated heterocycles. The highest BCUT2D eigenvalue weighted by atomic mass is 32.2. The molecule has 0 aliphatic carbocycles. The number of nitrogens with zero attached hydrogens (tertiary/aromatic N) is 2. The summed E-state index contributed by atoms with van der Waals surface area (Å²) in [6.45, 7) is 3.37. The van der Waals surface area contributed by atoms with Crippen LogP contribution < -0.4 is 9.64 Å². The fourth-order valence-electron chi connectivity index (χ4n) is 3.57. The van der Waals surface area contributed by atoms with Crippen molar-refractivity contribution in [3.63, 3.8) is 0 Å². The van der Waals surface area contributed by atoms with Crippen LogP contribution in [0.1, 0.15) is 24.0 Å². The third kappa shape index (κ3) is 4.79. The minimum atomic E-state index is 0.0714. The molecule has 1 amide bonds. The number of fused-ring (bicyclic) bond motifs is 1. The van der Waals surface area contributed by atoms with Crippen molar-refractivity contribution in [2.45, 2.75) is 31.6 Å². The lowest BCUT2D eigenvalue weighted by atomic mass is 10.2. The molecule has 0 spiro atoms. The maximum Gasteiger partial charge on any atom is 0.238 e. The molecular weight excluding hydrogens is 416 g/mol. The van der Waals surface area contributed by atoms with Crippen molar-refractivity contribution in [2.75, 3.05) is 30.9 Å². The summed E-state index contributed by atoms with van der Waals surface area (Å²) in [5.41, 5.74) is 3.18. The molecule has 1 aliphatic heterocycles. The molecular formula is C23H26N2O3S2. The second kappa shape index (κ2) is 9.81. The van der Waals surface area contributed by atoms with Crippen LogP contribution in [0.15, 0.2) is 42.5 Å². The van der Waals surface area contributed by atoms with E-state index in [1.165, 1.54) is 5.56 Å². The van der Waals surface area contributed by atoms with E-state index in [0.29, 0.717) is 12.3 Å². The number of thioether (sulfide) groups is 1. The first-order valence-corrected chi connectivity index (χ1v) is 12.1. The predicted octanol–water partition coefficient (Wildman–Crippen LogP) is 5.06. The van der Waals surface area contributed by atoms with Crippen molar-refractivity contribution < 1.29 is 14.3 Å². The number of anilines is 1. The number of hydrogen-bond acceptors (Lipinski definition) is 6. The van der Waals surface area contributed by atoms with Gasteiger partial charge in [0.1, 0.15) is 11.3 Å². The molecule has 158 valence electrons. The lowest BCUT2D eigenvalue weighted by molar-refractivity contribution is -0.116. The molecule has 2 aromatic carbocycles. The quantitative estimate of drug-likeness (QED) is 0.488. The summed E-state index contributed by atoms with van der Waals surface area (Å²) in [5.74, 6) is 2.03. The van der Waals surface area contributed by atoms with Gasteiger partial charge in [-0.3, -0.25) is 9.69 Å². The maximum absolute atomic E-state index is 13.2. The molecule has 4 rings (SSSR count). The van der Waals surface area contributed by atoms with Gasteiger partial charge in [0.2, 0.25) is 5.91 Å². The van der Waals surface area contributed by atoms with Gasteiger partial charge >= 0.3 is 0 Å². The molecule has 30 heavy (non-hydrogen) atoms. The number of methoxy groups -OCH3 is 1. The molecule has 0 saturated carbocycles. The largest absolute Gasteiger partial charge is 0.494 e. The first-order chi connectivity index (χ1) is 14.7. The van der Waals surface area contributed by atoms with Crippen LogP contribution in [0, 0.1) is 6.92 Å². The summed E-state index contributed by atoms with van der Waals surface area (Å²) in [6, 6.07) is 14.2. The van der Waals surface area contributed by atoms with Gasteiger partial charge in [0.25, 0.3) is 0 Å². The van der Waals surface area contributed by atoms with Crippen LogP contribution in [0.25, 0.3) is 10.2 Å². The second-order valence-electron chi connectivity index (χ2n) is 7.38. The fourth-order valence-corrected chi connectivity index (χ4v) is 5.50. The van der Waals surface area contributed by atoms with Gasteiger partial charge in [0.15, 0.2) is 5.13 Å². The average Bonchev–Trinajstić information content (AvgIpc) is 3.43. The van der Waals surface area contributed by atoms with Gasteiger partial charge in [0.05, 0.1) is 30.2 Å². The number of carbonyl (C=O) groups excluding carboxylic acids is 1. The summed E-state index contributed by atoms with van der Waals surface area (Å²) >= 11 is 3.19. The first-order valence-electron chi connectivity index (χ1n) is 10.1. The Bertz CT molecular complexity index is 1000.